The molecule has 0 fully saturated rings. The molecule has 26 heavy (non-hydrogen) atoms. The lowest BCUT2D eigenvalue weighted by atomic mass is 9.97. The van der Waals surface area contributed by atoms with Crippen molar-refractivity contribution in [3.05, 3.63) is 77.3 Å². The largest absolute Gasteiger partial charge is 0.369 e. The first-order valence-electron chi connectivity index (χ1n) is 8.40. The van der Waals surface area contributed by atoms with Gasteiger partial charge in [-0.1, -0.05) is 24.3 Å². The fraction of sp³-hybridized carbons (Fsp3) is 0.143. The van der Waals surface area contributed by atoms with E-state index in [0.29, 0.717) is 17.0 Å². The van der Waals surface area contributed by atoms with Gasteiger partial charge in [-0.15, -0.1) is 0 Å². The van der Waals surface area contributed by atoms with E-state index in [1.165, 1.54) is 0 Å². The summed E-state index contributed by atoms with van der Waals surface area (Å²) in [5, 5.41) is 23.9. The molecule has 0 bridgehead atoms. The summed E-state index contributed by atoms with van der Waals surface area (Å²) in [6.07, 6.45) is 0.857. The van der Waals surface area contributed by atoms with Gasteiger partial charge in [0.2, 0.25) is 0 Å². The molecule has 128 valence electrons. The second-order valence-corrected chi connectivity index (χ2v) is 6.39. The summed E-state index contributed by atoms with van der Waals surface area (Å²) in [5.74, 6) is 0.506. The van der Waals surface area contributed by atoms with E-state index < -0.39 is 6.23 Å². The molecular formula is C21H18N4O. The highest BCUT2D eigenvalue weighted by molar-refractivity contribution is 5.87. The van der Waals surface area contributed by atoms with Crippen molar-refractivity contribution in [1.29, 1.82) is 5.26 Å². The summed E-state index contributed by atoms with van der Waals surface area (Å²) in [4.78, 5) is 4.55. The molecule has 1 atom stereocenters. The normalized spacial score (nSPS) is 18.1. The fourth-order valence-electron chi connectivity index (χ4n) is 3.33. The van der Waals surface area contributed by atoms with Crippen molar-refractivity contribution >= 4 is 22.3 Å². The number of nitrogens with one attached hydrogen (secondary N) is 1. The van der Waals surface area contributed by atoms with Crippen LogP contribution in [0.1, 0.15) is 24.5 Å². The lowest BCUT2D eigenvalue weighted by molar-refractivity contribution is 0.145. The average molecular weight is 342 g/mol. The molecule has 1 aromatic heterocycles. The van der Waals surface area contributed by atoms with Gasteiger partial charge >= 0.3 is 0 Å². The van der Waals surface area contributed by atoms with Crippen molar-refractivity contribution in [3.8, 4) is 6.07 Å². The molecule has 0 amide bonds. The Morgan fingerprint density at radius 3 is 2.77 bits per heavy atom. The second kappa shape index (κ2) is 6.17. The van der Waals surface area contributed by atoms with Gasteiger partial charge in [0.25, 0.3) is 0 Å². The lowest BCUT2D eigenvalue weighted by Crippen LogP contribution is -2.20. The van der Waals surface area contributed by atoms with Crippen LogP contribution in [0.15, 0.2) is 65.9 Å². The number of para-hydroxylation sites is 2. The summed E-state index contributed by atoms with van der Waals surface area (Å²) in [5.41, 5.74) is 5.49. The minimum atomic E-state index is -0.910. The van der Waals surface area contributed by atoms with Crippen molar-refractivity contribution in [1.82, 2.24) is 9.55 Å². The summed E-state index contributed by atoms with van der Waals surface area (Å²) in [6, 6.07) is 17.8. The SMILES string of the molecule is CC1=C(C#N)c2nc3ccccc3n2[C@@H](O)/C1=C\Nc1cccc(C)c1. The molecule has 2 heterocycles. The standard InChI is InChI=1S/C21H18N4O/c1-13-6-5-7-15(10-13)23-12-17-14(2)16(11-22)20-24-18-8-3-4-9-19(18)25(20)21(17)26/h3-10,12,21,23,26H,1-2H3/b17-12-/t21-/m0/s1. The Morgan fingerprint density at radius 1 is 1.19 bits per heavy atom. The van der Waals surface area contributed by atoms with Crippen LogP contribution in [0.25, 0.3) is 16.6 Å². The molecule has 1 aliphatic rings. The number of hydrogen-bond donors (Lipinski definition) is 2. The monoisotopic (exact) mass is 342 g/mol. The number of imidazole rings is 1. The van der Waals surface area contributed by atoms with E-state index in [1.807, 2.05) is 62.4 Å². The van der Waals surface area contributed by atoms with Gasteiger partial charge in [0.05, 0.1) is 16.6 Å². The van der Waals surface area contributed by atoms with Crippen LogP contribution < -0.4 is 5.32 Å². The quantitative estimate of drug-likeness (QED) is 0.734. The first-order chi connectivity index (χ1) is 12.6. The first-order valence-corrected chi connectivity index (χ1v) is 8.40. The summed E-state index contributed by atoms with van der Waals surface area (Å²) < 4.78 is 1.71. The van der Waals surface area contributed by atoms with E-state index in [9.17, 15) is 10.4 Å². The number of benzene rings is 2. The molecule has 0 unspecified atom stereocenters. The van der Waals surface area contributed by atoms with Crippen LogP contribution in [0.2, 0.25) is 0 Å². The van der Waals surface area contributed by atoms with Crippen LogP contribution in [0.5, 0.6) is 0 Å². The number of fused-ring (bicyclic) bond motifs is 3. The van der Waals surface area contributed by atoms with E-state index in [0.717, 1.165) is 27.9 Å². The van der Waals surface area contributed by atoms with E-state index in [4.69, 9.17) is 0 Å². The fourth-order valence-corrected chi connectivity index (χ4v) is 3.33. The number of nitrogens with zero attached hydrogens (tertiary/aromatic N) is 3. The first kappa shape index (κ1) is 16.1. The molecule has 3 aromatic rings. The van der Waals surface area contributed by atoms with Crippen LogP contribution in [0, 0.1) is 18.3 Å². The van der Waals surface area contributed by atoms with Gasteiger partial charge in [0, 0.05) is 17.5 Å². The number of rotatable bonds is 2. The molecule has 0 saturated heterocycles. The number of hydrogen-bond acceptors (Lipinski definition) is 4. The minimum Gasteiger partial charge on any atom is -0.369 e. The van der Waals surface area contributed by atoms with Gasteiger partial charge in [-0.05, 0) is 49.2 Å². The molecule has 0 saturated carbocycles. The van der Waals surface area contributed by atoms with Crippen molar-refractivity contribution in [2.45, 2.75) is 20.1 Å². The van der Waals surface area contributed by atoms with Gasteiger partial charge in [0.15, 0.2) is 12.1 Å². The predicted molar refractivity (Wildman–Crippen MR) is 102 cm³/mol. The van der Waals surface area contributed by atoms with Crippen LogP contribution in [-0.4, -0.2) is 14.7 Å². The summed E-state index contributed by atoms with van der Waals surface area (Å²) in [7, 11) is 0. The summed E-state index contributed by atoms with van der Waals surface area (Å²) in [6.45, 7) is 3.87. The third-order valence-electron chi connectivity index (χ3n) is 4.67. The lowest BCUT2D eigenvalue weighted by Gasteiger charge is -2.25. The number of aromatic nitrogens is 2. The number of allylic oxidation sites excluding steroid dienone is 1. The Morgan fingerprint density at radius 2 is 2.00 bits per heavy atom. The Bertz CT molecular complexity index is 1110. The number of anilines is 1. The van der Waals surface area contributed by atoms with Gasteiger partial charge in [-0.2, -0.15) is 5.26 Å². The highest BCUT2D eigenvalue weighted by atomic mass is 16.3. The number of nitriles is 1. The number of aryl methyl sites for hydroxylation is 1. The Hall–Kier alpha value is -3.36. The maximum absolute atomic E-state index is 11.0. The predicted octanol–water partition coefficient (Wildman–Crippen LogP) is 4.14. The maximum Gasteiger partial charge on any atom is 0.160 e. The highest BCUT2D eigenvalue weighted by Gasteiger charge is 2.30. The van der Waals surface area contributed by atoms with Gasteiger partial charge in [-0.25, -0.2) is 4.98 Å². The topological polar surface area (TPSA) is 73.9 Å². The molecule has 5 heteroatoms. The second-order valence-electron chi connectivity index (χ2n) is 6.39. The minimum absolute atomic E-state index is 0.476. The Kier molecular flexibility index (Phi) is 3.83. The van der Waals surface area contributed by atoms with E-state index in [-0.39, 0.29) is 0 Å². The molecular weight excluding hydrogens is 324 g/mol. The third-order valence-corrected chi connectivity index (χ3v) is 4.67. The van der Waals surface area contributed by atoms with Gasteiger partial charge in [-0.3, -0.25) is 4.57 Å². The highest BCUT2D eigenvalue weighted by Crippen LogP contribution is 2.38. The van der Waals surface area contributed by atoms with Crippen LogP contribution >= 0.6 is 0 Å². The smallest absolute Gasteiger partial charge is 0.160 e. The van der Waals surface area contributed by atoms with Crippen molar-refractivity contribution in [2.75, 3.05) is 5.32 Å². The third kappa shape index (κ3) is 2.48. The zero-order valence-electron chi connectivity index (χ0n) is 14.6. The molecule has 4 rings (SSSR count). The molecule has 5 nitrogen and oxygen atoms in total. The molecule has 0 spiro atoms. The number of aliphatic hydroxyl groups excluding tert-OH is 1. The van der Waals surface area contributed by atoms with Crippen molar-refractivity contribution < 1.29 is 5.11 Å². The molecule has 2 aromatic carbocycles. The molecule has 0 aliphatic carbocycles. The molecule has 0 radical (unpaired) electrons. The van der Waals surface area contributed by atoms with E-state index >= 15 is 0 Å². The van der Waals surface area contributed by atoms with Crippen LogP contribution in [0.4, 0.5) is 5.69 Å². The number of aliphatic hydroxyl groups is 1. The zero-order chi connectivity index (χ0) is 18.3. The summed E-state index contributed by atoms with van der Waals surface area (Å²) >= 11 is 0. The van der Waals surface area contributed by atoms with Gasteiger partial charge in [0.1, 0.15) is 6.07 Å². The van der Waals surface area contributed by atoms with Crippen LogP contribution in [-0.2, 0) is 0 Å². The average Bonchev–Trinajstić information content (AvgIpc) is 3.01. The van der Waals surface area contributed by atoms with Crippen molar-refractivity contribution in [2.24, 2.45) is 0 Å². The Labute approximate surface area is 151 Å². The maximum atomic E-state index is 11.0. The molecule has 2 N–H and O–H groups in total. The van der Waals surface area contributed by atoms with Gasteiger partial charge < -0.3 is 10.4 Å². The van der Waals surface area contributed by atoms with E-state index in [1.54, 1.807) is 10.8 Å². The zero-order valence-corrected chi connectivity index (χ0v) is 14.6. The van der Waals surface area contributed by atoms with Crippen molar-refractivity contribution in [3.63, 3.8) is 0 Å². The molecule has 1 aliphatic heterocycles. The van der Waals surface area contributed by atoms with Crippen LogP contribution in [0.3, 0.4) is 0 Å². The van der Waals surface area contributed by atoms with E-state index in [2.05, 4.69) is 16.4 Å². The Balaban J connectivity index is 1.84.